The summed E-state index contributed by atoms with van der Waals surface area (Å²) in [5, 5.41) is 60.2. The number of hydrogen-bond acceptors (Lipinski definition) is 12. The van der Waals surface area contributed by atoms with Crippen molar-refractivity contribution in [3.05, 3.63) is 0 Å². The van der Waals surface area contributed by atoms with Crippen LogP contribution in [0.1, 0.15) is 290 Å². The van der Waals surface area contributed by atoms with E-state index in [1.807, 2.05) is 5.32 Å². The summed E-state index contributed by atoms with van der Waals surface area (Å²) in [5.41, 5.74) is -7.16. The molecule has 0 fully saturated rings. The summed E-state index contributed by atoms with van der Waals surface area (Å²) in [7, 11) is 0. The van der Waals surface area contributed by atoms with Crippen molar-refractivity contribution in [2.75, 3.05) is 19.0 Å². The first-order valence-corrected chi connectivity index (χ1v) is 31.3. The lowest BCUT2D eigenvalue weighted by Crippen LogP contribution is -2.74. The monoisotopic (exact) mass is 1100 g/mol. The van der Waals surface area contributed by atoms with Crippen molar-refractivity contribution >= 4 is 53.7 Å². The summed E-state index contributed by atoms with van der Waals surface area (Å²) in [6.07, 6.45) is 38.5. The van der Waals surface area contributed by atoms with Gasteiger partial charge in [-0.3, -0.25) is 28.8 Å². The predicted octanol–water partition coefficient (Wildman–Crippen LogP) is 11.1. The Morgan fingerprint density at radius 2 is 0.592 bits per heavy atom. The highest BCUT2D eigenvalue weighted by Crippen LogP contribution is 2.33. The molecule has 0 spiro atoms. The van der Waals surface area contributed by atoms with Gasteiger partial charge in [0.05, 0.1) is 13.2 Å². The fourth-order valence-corrected chi connectivity index (χ4v) is 10.1. The number of unbranched alkanes of at least 4 members (excludes halogenated alkanes) is 36. The van der Waals surface area contributed by atoms with Crippen LogP contribution in [0.4, 0.5) is 0 Å². The second kappa shape index (κ2) is 48.0. The van der Waals surface area contributed by atoms with Gasteiger partial charge in [0.15, 0.2) is 17.3 Å². The molecule has 0 heterocycles. The fraction of sp³-hybridized carbons (Fsp3) is 0.883. The number of hydrogen-bond donors (Lipinski definition) is 9. The molecule has 0 rings (SSSR count). The first-order chi connectivity index (χ1) is 36.7. The molecule has 0 saturated heterocycles. The van der Waals surface area contributed by atoms with E-state index in [1.165, 1.54) is 116 Å². The normalized spacial score (nSPS) is 13.6. The third-order valence-corrected chi connectivity index (χ3v) is 15.4. The average molecular weight is 1100 g/mol. The van der Waals surface area contributed by atoms with Gasteiger partial charge in [-0.15, -0.1) is 0 Å². The molecule has 16 heteroatoms. The number of ketones is 3. The standard InChI is InChI=1S/C60H111N3O12S/c1-4-7-10-13-16-19-22-25-28-31-34-37-40-43-52(66)59(74,53(67)44-41-38-35-32-29-26-23-20-17-14-11-8-5-2)60(75,54(68)45-42-39-36-33-30-27-24-21-18-15-12-9-6-3)58(73)63-51(48-76)56(70)61-49(46-64)55(69)62-50(47-65)57(71)72/h49-51,64-65,74-76H,4-48H2,1-3H3,(H,61,70)(H,62,69)(H,63,73)(H,71,72)/t49?,50?,51?,60-/m0/s1. The fourth-order valence-electron chi connectivity index (χ4n) is 9.89. The highest BCUT2D eigenvalue weighted by molar-refractivity contribution is 7.80. The van der Waals surface area contributed by atoms with Crippen molar-refractivity contribution in [3.63, 3.8) is 0 Å². The van der Waals surface area contributed by atoms with E-state index in [-0.39, 0.29) is 19.3 Å². The molecule has 0 radical (unpaired) electrons. The van der Waals surface area contributed by atoms with E-state index >= 15 is 0 Å². The second-order valence-corrected chi connectivity index (χ2v) is 22.1. The summed E-state index contributed by atoms with van der Waals surface area (Å²) in [6.45, 7) is 4.59. The third-order valence-electron chi connectivity index (χ3n) is 15.0. The Labute approximate surface area is 465 Å². The zero-order valence-corrected chi connectivity index (χ0v) is 49.0. The van der Waals surface area contributed by atoms with Gasteiger partial charge in [-0.05, 0) is 19.3 Å². The zero-order chi connectivity index (χ0) is 56.7. The molecule has 76 heavy (non-hydrogen) atoms. The van der Waals surface area contributed by atoms with Gasteiger partial charge in [0.25, 0.3) is 5.91 Å². The van der Waals surface area contributed by atoms with E-state index in [4.69, 9.17) is 0 Å². The quantitative estimate of drug-likeness (QED) is 0.0157. The number of amides is 3. The van der Waals surface area contributed by atoms with Crippen LogP contribution in [0, 0.1) is 0 Å². The molecule has 0 saturated carbocycles. The zero-order valence-electron chi connectivity index (χ0n) is 48.1. The number of carbonyl (C=O) groups excluding carboxylic acids is 6. The number of Topliss-reactive ketones (excluding diaryl/α,β-unsaturated/α-hetero) is 3. The molecule has 0 aliphatic carbocycles. The lowest BCUT2D eigenvalue weighted by atomic mass is 9.70. The van der Waals surface area contributed by atoms with Crippen LogP contribution in [0.3, 0.4) is 0 Å². The van der Waals surface area contributed by atoms with Gasteiger partial charge in [0.2, 0.25) is 23.0 Å². The van der Waals surface area contributed by atoms with Gasteiger partial charge in [-0.2, -0.15) is 12.6 Å². The summed E-state index contributed by atoms with van der Waals surface area (Å²) in [6, 6.07) is -5.31. The van der Waals surface area contributed by atoms with E-state index in [1.54, 1.807) is 0 Å². The largest absolute Gasteiger partial charge is 0.480 e. The maximum Gasteiger partial charge on any atom is 0.328 e. The molecule has 0 aromatic heterocycles. The number of aliphatic hydroxyl groups excluding tert-OH is 2. The number of carboxylic acids is 1. The van der Waals surface area contributed by atoms with Crippen LogP contribution in [-0.4, -0.2) is 115 Å². The van der Waals surface area contributed by atoms with E-state index in [0.29, 0.717) is 19.3 Å². The van der Waals surface area contributed by atoms with E-state index in [9.17, 15) is 59.1 Å². The SMILES string of the molecule is CCCCCCCCCCCCCCCC(=O)C(O)(C(=O)CCCCCCCCCCCCCCC)[C@](O)(C(=O)CCCCCCCCCCCCCCC)C(=O)NC(CS)C(=O)NC(CO)C(=O)NC(CO)C(=O)O. The molecular formula is C60H111N3O12S. The van der Waals surface area contributed by atoms with Crippen molar-refractivity contribution < 1.29 is 59.1 Å². The summed E-state index contributed by atoms with van der Waals surface area (Å²) >= 11 is 4.18. The van der Waals surface area contributed by atoms with Crippen molar-refractivity contribution in [2.24, 2.45) is 0 Å². The number of carbonyl (C=O) groups is 7. The lowest BCUT2D eigenvalue weighted by molar-refractivity contribution is -0.192. The first-order valence-electron chi connectivity index (χ1n) is 30.7. The number of carboxylic acid groups (broad SMARTS) is 1. The molecule has 444 valence electrons. The minimum atomic E-state index is -3.66. The van der Waals surface area contributed by atoms with Gasteiger partial charge in [-0.1, -0.05) is 252 Å². The first kappa shape index (κ1) is 73.1. The van der Waals surface area contributed by atoms with E-state index in [0.717, 1.165) is 96.3 Å². The van der Waals surface area contributed by atoms with Crippen molar-refractivity contribution in [1.82, 2.24) is 16.0 Å². The Bertz CT molecular complexity index is 1510. The molecule has 4 atom stereocenters. The number of rotatable bonds is 56. The molecule has 3 amide bonds. The van der Waals surface area contributed by atoms with Gasteiger partial charge < -0.3 is 41.5 Å². The topological polar surface area (TPSA) is 257 Å². The molecule has 0 aromatic rings. The van der Waals surface area contributed by atoms with Gasteiger partial charge >= 0.3 is 5.97 Å². The van der Waals surface area contributed by atoms with Crippen LogP contribution in [0.15, 0.2) is 0 Å². The second-order valence-electron chi connectivity index (χ2n) is 21.7. The predicted molar refractivity (Wildman–Crippen MR) is 307 cm³/mol. The Morgan fingerprint density at radius 3 is 0.842 bits per heavy atom. The summed E-state index contributed by atoms with van der Waals surface area (Å²) < 4.78 is 0. The van der Waals surface area contributed by atoms with Crippen LogP contribution >= 0.6 is 12.6 Å². The molecule has 0 aliphatic rings. The van der Waals surface area contributed by atoms with Gasteiger partial charge in [-0.25, -0.2) is 4.79 Å². The minimum absolute atomic E-state index is 0.191. The molecule has 3 unspecified atom stereocenters. The number of aliphatic hydroxyl groups is 4. The Hall–Kier alpha value is -2.92. The van der Waals surface area contributed by atoms with Crippen LogP contribution in [-0.2, 0) is 33.6 Å². The maximum absolute atomic E-state index is 14.6. The summed E-state index contributed by atoms with van der Waals surface area (Å²) in [5.74, 6) is -9.69. The van der Waals surface area contributed by atoms with Gasteiger partial charge in [0, 0.05) is 25.0 Å². The van der Waals surface area contributed by atoms with Crippen LogP contribution in [0.2, 0.25) is 0 Å². The highest BCUT2D eigenvalue weighted by Gasteiger charge is 2.67. The number of nitrogens with one attached hydrogen (secondary N) is 3. The third kappa shape index (κ3) is 31.6. The number of aliphatic carboxylic acids is 1. The molecule has 15 nitrogen and oxygen atoms in total. The van der Waals surface area contributed by atoms with Crippen LogP contribution < -0.4 is 16.0 Å². The molecule has 0 bridgehead atoms. The van der Waals surface area contributed by atoms with Crippen LogP contribution in [0.5, 0.6) is 0 Å². The Kier molecular flexibility index (Phi) is 46.2. The van der Waals surface area contributed by atoms with Gasteiger partial charge in [0.1, 0.15) is 18.1 Å². The van der Waals surface area contributed by atoms with E-state index < -0.39 is 109 Å². The van der Waals surface area contributed by atoms with Crippen molar-refractivity contribution in [3.8, 4) is 0 Å². The molecular weight excluding hydrogens is 987 g/mol. The highest BCUT2D eigenvalue weighted by atomic mass is 32.1. The summed E-state index contributed by atoms with van der Waals surface area (Å²) in [4.78, 5) is 96.0. The molecule has 0 aliphatic heterocycles. The van der Waals surface area contributed by atoms with Crippen molar-refractivity contribution in [2.45, 2.75) is 320 Å². The lowest BCUT2D eigenvalue weighted by Gasteiger charge is -2.39. The smallest absolute Gasteiger partial charge is 0.328 e. The Morgan fingerprint density at radius 1 is 0.355 bits per heavy atom. The maximum atomic E-state index is 14.6. The minimum Gasteiger partial charge on any atom is -0.480 e. The van der Waals surface area contributed by atoms with E-state index in [2.05, 4.69) is 44.0 Å². The average Bonchev–Trinajstić information content (AvgIpc) is 3.41. The van der Waals surface area contributed by atoms with Crippen molar-refractivity contribution in [1.29, 1.82) is 0 Å². The Balaban J connectivity index is 6.42. The molecule has 0 aromatic carbocycles. The molecule has 8 N–H and O–H groups in total. The number of thiol groups is 1. The van der Waals surface area contributed by atoms with Crippen LogP contribution in [0.25, 0.3) is 0 Å².